The van der Waals surface area contributed by atoms with Crippen molar-refractivity contribution in [2.24, 2.45) is 29.6 Å². The van der Waals surface area contributed by atoms with Gasteiger partial charge in [0.1, 0.15) is 0 Å². The van der Waals surface area contributed by atoms with Crippen LogP contribution >= 0.6 is 0 Å². The normalized spacial score (nSPS) is 34.5. The molecule has 0 N–H and O–H groups in total. The van der Waals surface area contributed by atoms with Gasteiger partial charge in [0.25, 0.3) is 0 Å². The Morgan fingerprint density at radius 3 is 2.17 bits per heavy atom. The van der Waals surface area contributed by atoms with Crippen LogP contribution in [0, 0.1) is 41.2 Å². The van der Waals surface area contributed by atoms with Crippen LogP contribution in [0.2, 0.25) is 0 Å². The second kappa shape index (κ2) is 8.44. The SMILES string of the molecule is C=CC1CCC(C2CCC3CC(c4ccc5c(F)c(F)ccc5c4)CCC3C2)CC1. The number of fused-ring (bicyclic) bond motifs is 2. The molecular weight excluding hydrogens is 374 g/mol. The standard InChI is InChI=1S/C28H34F2/c1-2-18-3-5-19(6-4-18)20-7-8-22-16-23(10-9-21(22)15-20)24-11-13-26-25(17-24)12-14-27(29)28(26)30/h2,11-14,17-23H,1,3-10,15-16H2. The summed E-state index contributed by atoms with van der Waals surface area (Å²) in [6.07, 6.45) is 15.8. The van der Waals surface area contributed by atoms with Crippen LogP contribution in [0.4, 0.5) is 8.78 Å². The Kier molecular flexibility index (Phi) is 5.69. The molecule has 3 aliphatic rings. The second-order valence-electron chi connectivity index (χ2n) is 10.4. The van der Waals surface area contributed by atoms with Gasteiger partial charge in [-0.2, -0.15) is 0 Å². The van der Waals surface area contributed by atoms with Crippen LogP contribution in [-0.4, -0.2) is 0 Å². The van der Waals surface area contributed by atoms with Crippen molar-refractivity contribution in [3.63, 3.8) is 0 Å². The van der Waals surface area contributed by atoms with Crippen molar-refractivity contribution >= 4 is 10.8 Å². The molecule has 4 unspecified atom stereocenters. The summed E-state index contributed by atoms with van der Waals surface area (Å²) in [7, 11) is 0. The number of allylic oxidation sites excluding steroid dienone is 1. The molecule has 4 atom stereocenters. The summed E-state index contributed by atoms with van der Waals surface area (Å²) in [5, 5.41) is 1.23. The van der Waals surface area contributed by atoms with E-state index in [0.717, 1.165) is 35.0 Å². The molecule has 0 radical (unpaired) electrons. The van der Waals surface area contributed by atoms with Gasteiger partial charge in [-0.15, -0.1) is 6.58 Å². The Labute approximate surface area is 179 Å². The van der Waals surface area contributed by atoms with E-state index in [9.17, 15) is 8.78 Å². The highest BCUT2D eigenvalue weighted by atomic mass is 19.2. The zero-order valence-corrected chi connectivity index (χ0v) is 18.0. The first-order valence-electron chi connectivity index (χ1n) is 12.1. The zero-order valence-electron chi connectivity index (χ0n) is 18.0. The average molecular weight is 409 g/mol. The van der Waals surface area contributed by atoms with Gasteiger partial charge in [0.05, 0.1) is 0 Å². The molecule has 5 rings (SSSR count). The fraction of sp³-hybridized carbons (Fsp3) is 0.571. The van der Waals surface area contributed by atoms with Gasteiger partial charge in [-0.1, -0.05) is 30.3 Å². The van der Waals surface area contributed by atoms with Crippen LogP contribution < -0.4 is 0 Å². The lowest BCUT2D eigenvalue weighted by Crippen LogP contribution is -2.34. The lowest BCUT2D eigenvalue weighted by atomic mass is 9.60. The van der Waals surface area contributed by atoms with E-state index in [1.165, 1.54) is 75.8 Å². The predicted octanol–water partition coefficient (Wildman–Crippen LogP) is 8.41. The Bertz CT molecular complexity index is 908. The van der Waals surface area contributed by atoms with E-state index >= 15 is 0 Å². The molecule has 3 saturated carbocycles. The zero-order chi connectivity index (χ0) is 20.7. The van der Waals surface area contributed by atoms with Gasteiger partial charge in [0.2, 0.25) is 0 Å². The van der Waals surface area contributed by atoms with E-state index in [1.54, 1.807) is 12.1 Å². The summed E-state index contributed by atoms with van der Waals surface area (Å²) >= 11 is 0. The minimum atomic E-state index is -0.759. The molecule has 0 nitrogen and oxygen atoms in total. The maximum absolute atomic E-state index is 14.0. The third kappa shape index (κ3) is 3.83. The molecular formula is C28H34F2. The van der Waals surface area contributed by atoms with Gasteiger partial charge < -0.3 is 0 Å². The highest BCUT2D eigenvalue weighted by molar-refractivity contribution is 5.84. The molecule has 2 aromatic carbocycles. The minimum Gasteiger partial charge on any atom is -0.204 e. The van der Waals surface area contributed by atoms with Crippen LogP contribution in [0.1, 0.15) is 75.7 Å². The quantitative estimate of drug-likeness (QED) is 0.447. The Morgan fingerprint density at radius 2 is 1.40 bits per heavy atom. The lowest BCUT2D eigenvalue weighted by molar-refractivity contribution is 0.0748. The van der Waals surface area contributed by atoms with Gasteiger partial charge in [-0.25, -0.2) is 8.78 Å². The summed E-state index contributed by atoms with van der Waals surface area (Å²) in [5.41, 5.74) is 1.32. The van der Waals surface area contributed by atoms with Crippen LogP contribution in [0.15, 0.2) is 43.0 Å². The maximum Gasteiger partial charge on any atom is 0.166 e. The van der Waals surface area contributed by atoms with Crippen LogP contribution in [-0.2, 0) is 0 Å². The van der Waals surface area contributed by atoms with Crippen molar-refractivity contribution in [2.45, 2.75) is 70.1 Å². The number of halogens is 2. The molecule has 0 saturated heterocycles. The topological polar surface area (TPSA) is 0 Å². The first-order chi connectivity index (χ1) is 14.6. The van der Waals surface area contributed by atoms with Crippen molar-refractivity contribution in [1.82, 2.24) is 0 Å². The molecule has 0 spiro atoms. The highest BCUT2D eigenvalue weighted by Crippen LogP contribution is 2.51. The van der Waals surface area contributed by atoms with Gasteiger partial charge in [-0.3, -0.25) is 0 Å². The summed E-state index contributed by atoms with van der Waals surface area (Å²) in [6, 6.07) is 8.90. The molecule has 0 aliphatic heterocycles. The van der Waals surface area contributed by atoms with E-state index in [0.29, 0.717) is 11.3 Å². The van der Waals surface area contributed by atoms with Crippen molar-refractivity contribution in [1.29, 1.82) is 0 Å². The first kappa shape index (κ1) is 20.2. The molecule has 0 amide bonds. The van der Waals surface area contributed by atoms with Crippen molar-refractivity contribution < 1.29 is 8.78 Å². The Morgan fingerprint density at radius 1 is 0.733 bits per heavy atom. The van der Waals surface area contributed by atoms with Gasteiger partial charge in [0, 0.05) is 5.39 Å². The molecule has 3 aliphatic carbocycles. The van der Waals surface area contributed by atoms with Gasteiger partial charge >= 0.3 is 0 Å². The van der Waals surface area contributed by atoms with E-state index in [-0.39, 0.29) is 0 Å². The van der Waals surface area contributed by atoms with Gasteiger partial charge in [0.15, 0.2) is 11.6 Å². The third-order valence-electron chi connectivity index (χ3n) is 8.87. The maximum atomic E-state index is 14.0. The van der Waals surface area contributed by atoms with E-state index in [4.69, 9.17) is 0 Å². The monoisotopic (exact) mass is 408 g/mol. The number of rotatable bonds is 3. The van der Waals surface area contributed by atoms with Crippen molar-refractivity contribution in [2.75, 3.05) is 0 Å². The van der Waals surface area contributed by atoms with Crippen molar-refractivity contribution in [3.8, 4) is 0 Å². The molecule has 3 fully saturated rings. The molecule has 160 valence electrons. The molecule has 0 aromatic heterocycles. The summed E-state index contributed by atoms with van der Waals surface area (Å²) < 4.78 is 27.6. The number of hydrogen-bond acceptors (Lipinski definition) is 0. The molecule has 2 aromatic rings. The molecule has 0 bridgehead atoms. The largest absolute Gasteiger partial charge is 0.204 e. The number of benzene rings is 2. The smallest absolute Gasteiger partial charge is 0.166 e. The minimum absolute atomic E-state index is 0.402. The van der Waals surface area contributed by atoms with E-state index in [2.05, 4.69) is 18.7 Å². The first-order valence-corrected chi connectivity index (χ1v) is 12.1. The third-order valence-corrected chi connectivity index (χ3v) is 8.87. The van der Waals surface area contributed by atoms with Crippen LogP contribution in [0.25, 0.3) is 10.8 Å². The lowest BCUT2D eigenvalue weighted by Gasteiger charge is -2.45. The summed E-state index contributed by atoms with van der Waals surface area (Å²) in [4.78, 5) is 0. The molecule has 30 heavy (non-hydrogen) atoms. The van der Waals surface area contributed by atoms with E-state index in [1.807, 2.05) is 6.07 Å². The van der Waals surface area contributed by atoms with Crippen molar-refractivity contribution in [3.05, 3.63) is 60.2 Å². The fourth-order valence-corrected chi connectivity index (χ4v) is 7.05. The number of hydrogen-bond donors (Lipinski definition) is 0. The summed E-state index contributed by atoms with van der Waals surface area (Å²) in [6.45, 7) is 4.00. The average Bonchev–Trinajstić information content (AvgIpc) is 2.80. The van der Waals surface area contributed by atoms with Crippen LogP contribution in [0.3, 0.4) is 0 Å². The van der Waals surface area contributed by atoms with E-state index < -0.39 is 11.6 Å². The van der Waals surface area contributed by atoms with Crippen LogP contribution in [0.5, 0.6) is 0 Å². The summed E-state index contributed by atoms with van der Waals surface area (Å²) in [5.74, 6) is 3.52. The molecule has 2 heteroatoms. The highest BCUT2D eigenvalue weighted by Gasteiger charge is 2.38. The Hall–Kier alpha value is -1.70. The Balaban J connectivity index is 1.23. The van der Waals surface area contributed by atoms with Gasteiger partial charge in [-0.05, 0) is 117 Å². The fourth-order valence-electron chi connectivity index (χ4n) is 7.05. The predicted molar refractivity (Wildman–Crippen MR) is 120 cm³/mol. The second-order valence-corrected chi connectivity index (χ2v) is 10.4. The molecule has 0 heterocycles.